The Morgan fingerprint density at radius 2 is 1.59 bits per heavy atom. The Labute approximate surface area is 207 Å². The number of benzene rings is 1. The monoisotopic (exact) mass is 541 g/mol. The van der Waals surface area contributed by atoms with Crippen molar-refractivity contribution >= 4 is 45.6 Å². The number of carbonyl (C=O) groups is 5. The zero-order valence-corrected chi connectivity index (χ0v) is 21.0. The normalized spacial score (nSPS) is 12.3. The van der Waals surface area contributed by atoms with Crippen molar-refractivity contribution < 1.29 is 34.2 Å². The molecule has 0 unspecified atom stereocenters. The molecule has 1 rings (SSSR count). The largest absolute Gasteiger partial charge is 0.481 e. The first-order valence-corrected chi connectivity index (χ1v) is 11.9. The molecule has 0 spiro atoms. The highest BCUT2D eigenvalue weighted by Gasteiger charge is 2.23. The average molecular weight is 542 g/mol. The van der Waals surface area contributed by atoms with Crippen LogP contribution in [0.15, 0.2) is 28.7 Å². The fourth-order valence-electron chi connectivity index (χ4n) is 3.24. The number of carboxylic acids is 2. The summed E-state index contributed by atoms with van der Waals surface area (Å²) in [7, 11) is 0. The van der Waals surface area contributed by atoms with E-state index in [-0.39, 0.29) is 25.2 Å². The van der Waals surface area contributed by atoms with Gasteiger partial charge in [-0.15, -0.1) is 0 Å². The smallest absolute Gasteiger partial charge is 0.326 e. The van der Waals surface area contributed by atoms with Crippen molar-refractivity contribution in [2.75, 3.05) is 6.54 Å². The lowest BCUT2D eigenvalue weighted by molar-refractivity contribution is -0.139. The summed E-state index contributed by atoms with van der Waals surface area (Å²) in [5, 5.41) is 22.9. The molecule has 1 aromatic carbocycles. The van der Waals surface area contributed by atoms with E-state index in [4.69, 9.17) is 5.11 Å². The fourth-order valence-corrected chi connectivity index (χ4v) is 3.50. The molecule has 0 aliphatic carbocycles. The van der Waals surface area contributed by atoms with Crippen molar-refractivity contribution in [2.45, 2.75) is 71.0 Å². The number of hydrogen-bond donors (Lipinski definition) is 4. The number of Topliss-reactive ketones (excluding diaryl/α,β-unsaturated/α-hetero) is 1. The van der Waals surface area contributed by atoms with E-state index in [2.05, 4.69) is 26.6 Å². The number of aliphatic carboxylic acids is 2. The molecule has 3 amide bonds. The molecule has 0 aliphatic heterocycles. The Morgan fingerprint density at radius 3 is 2.12 bits per heavy atom. The fraction of sp³-hybridized carbons (Fsp3) is 0.522. The Hall–Kier alpha value is -2.95. The highest BCUT2D eigenvalue weighted by Crippen LogP contribution is 2.14. The van der Waals surface area contributed by atoms with Gasteiger partial charge in [0.05, 0.1) is 6.04 Å². The second-order valence-electron chi connectivity index (χ2n) is 7.90. The molecule has 0 heterocycles. The maximum atomic E-state index is 12.3. The first-order valence-electron chi connectivity index (χ1n) is 11.1. The van der Waals surface area contributed by atoms with Gasteiger partial charge in [-0.05, 0) is 50.3 Å². The molecule has 0 fully saturated rings. The molecule has 10 nitrogen and oxygen atoms in total. The molecule has 4 N–H and O–H groups in total. The molecule has 0 radical (unpaired) electrons. The third kappa shape index (κ3) is 11.3. The zero-order valence-electron chi connectivity index (χ0n) is 19.4. The van der Waals surface area contributed by atoms with E-state index in [0.29, 0.717) is 32.4 Å². The second kappa shape index (κ2) is 15.0. The summed E-state index contributed by atoms with van der Waals surface area (Å²) in [6.45, 7) is 3.90. The summed E-state index contributed by atoms with van der Waals surface area (Å²) in [6.07, 6.45) is 1.09. The maximum absolute atomic E-state index is 12.3. The number of rotatable bonds is 15. The first kappa shape index (κ1) is 29.1. The Kier molecular flexibility index (Phi) is 12.9. The number of nitrogens with zero attached hydrogens (tertiary/aromatic N) is 1. The lowest BCUT2D eigenvalue weighted by Gasteiger charge is -2.23. The van der Waals surface area contributed by atoms with Gasteiger partial charge >= 0.3 is 18.0 Å². The third-order valence-corrected chi connectivity index (χ3v) is 5.69. The molecule has 0 aliphatic rings. The van der Waals surface area contributed by atoms with Gasteiger partial charge in [-0.25, -0.2) is 9.59 Å². The molecule has 0 saturated heterocycles. The van der Waals surface area contributed by atoms with Gasteiger partial charge in [0.25, 0.3) is 0 Å². The number of hydrogen-bond acceptors (Lipinski definition) is 5. The molecular formula is C23H32BrN3O7. The standard InChI is InChI=1S/C23H32BrN3O7/c1-3-20(29)27(14-16-7-9-17(24)10-8-16)13-5-4-6-19(22(32)33)26-23(34)25-18(15(2)28)11-12-21(30)31/h7-10,18-19H,3-6,11-14H2,1-2H3,(H,30,31)(H,32,33)(H2,25,26,34)/t18-,19-/m0/s1. The number of urea groups is 1. The van der Waals surface area contributed by atoms with E-state index in [0.717, 1.165) is 10.0 Å². The average Bonchev–Trinajstić information content (AvgIpc) is 2.77. The van der Waals surface area contributed by atoms with Gasteiger partial charge in [-0.2, -0.15) is 0 Å². The van der Waals surface area contributed by atoms with Crippen molar-refractivity contribution in [2.24, 2.45) is 0 Å². The molecule has 34 heavy (non-hydrogen) atoms. The molecule has 188 valence electrons. The Balaban J connectivity index is 2.58. The predicted octanol–water partition coefficient (Wildman–Crippen LogP) is 2.93. The Morgan fingerprint density at radius 1 is 0.971 bits per heavy atom. The van der Waals surface area contributed by atoms with Crippen LogP contribution < -0.4 is 10.6 Å². The van der Waals surface area contributed by atoms with Crippen molar-refractivity contribution in [3.63, 3.8) is 0 Å². The minimum absolute atomic E-state index is 0.00755. The van der Waals surface area contributed by atoms with Crippen molar-refractivity contribution in [1.29, 1.82) is 0 Å². The molecule has 0 aromatic heterocycles. The SMILES string of the molecule is CCC(=O)N(CCCC[C@H](NC(=O)N[C@@H](CCC(=O)O)C(C)=O)C(=O)O)Cc1ccc(Br)cc1. The highest BCUT2D eigenvalue weighted by atomic mass is 79.9. The zero-order chi connectivity index (χ0) is 25.7. The minimum Gasteiger partial charge on any atom is -0.481 e. The summed E-state index contributed by atoms with van der Waals surface area (Å²) in [5.74, 6) is -2.76. The number of unbranched alkanes of at least 4 members (excludes halogenated alkanes) is 1. The van der Waals surface area contributed by atoms with Gasteiger partial charge in [-0.1, -0.05) is 35.0 Å². The number of amides is 3. The van der Waals surface area contributed by atoms with Crippen LogP contribution in [0.4, 0.5) is 4.79 Å². The lowest BCUT2D eigenvalue weighted by Crippen LogP contribution is -2.50. The van der Waals surface area contributed by atoms with Crippen LogP contribution in [0.3, 0.4) is 0 Å². The van der Waals surface area contributed by atoms with Crippen molar-refractivity contribution in [3.05, 3.63) is 34.3 Å². The predicted molar refractivity (Wildman–Crippen MR) is 128 cm³/mol. The van der Waals surface area contributed by atoms with Crippen LogP contribution in [-0.4, -0.2) is 63.4 Å². The van der Waals surface area contributed by atoms with E-state index in [1.807, 2.05) is 24.3 Å². The van der Waals surface area contributed by atoms with Gasteiger partial charge in [0.2, 0.25) is 5.91 Å². The minimum atomic E-state index is -1.23. The van der Waals surface area contributed by atoms with Gasteiger partial charge < -0.3 is 25.7 Å². The topological polar surface area (TPSA) is 153 Å². The van der Waals surface area contributed by atoms with E-state index in [1.165, 1.54) is 6.92 Å². The highest BCUT2D eigenvalue weighted by molar-refractivity contribution is 9.10. The molecule has 0 bridgehead atoms. The van der Waals surface area contributed by atoms with Gasteiger partial charge in [0.15, 0.2) is 5.78 Å². The number of halogens is 1. The molecule has 2 atom stereocenters. The number of carbonyl (C=O) groups excluding carboxylic acids is 3. The van der Waals surface area contributed by atoms with E-state index < -0.39 is 35.8 Å². The Bertz CT molecular complexity index is 861. The van der Waals surface area contributed by atoms with E-state index in [1.54, 1.807) is 11.8 Å². The lowest BCUT2D eigenvalue weighted by atomic mass is 10.1. The summed E-state index contributed by atoms with van der Waals surface area (Å²) >= 11 is 3.38. The number of ketones is 1. The van der Waals surface area contributed by atoms with Crippen LogP contribution in [0.5, 0.6) is 0 Å². The third-order valence-electron chi connectivity index (χ3n) is 5.16. The first-order chi connectivity index (χ1) is 16.0. The maximum Gasteiger partial charge on any atom is 0.326 e. The van der Waals surface area contributed by atoms with Gasteiger partial charge in [0, 0.05) is 30.4 Å². The van der Waals surface area contributed by atoms with Crippen LogP contribution in [0.2, 0.25) is 0 Å². The summed E-state index contributed by atoms with van der Waals surface area (Å²) in [6, 6.07) is 4.59. The van der Waals surface area contributed by atoms with Crippen molar-refractivity contribution in [3.8, 4) is 0 Å². The second-order valence-corrected chi connectivity index (χ2v) is 8.81. The van der Waals surface area contributed by atoms with E-state index >= 15 is 0 Å². The van der Waals surface area contributed by atoms with Crippen LogP contribution in [-0.2, 0) is 25.7 Å². The molecule has 1 aromatic rings. The van der Waals surface area contributed by atoms with Crippen LogP contribution in [0.25, 0.3) is 0 Å². The number of nitrogens with one attached hydrogen (secondary N) is 2. The van der Waals surface area contributed by atoms with Crippen molar-refractivity contribution in [1.82, 2.24) is 15.5 Å². The summed E-state index contributed by atoms with van der Waals surface area (Å²) < 4.78 is 0.942. The summed E-state index contributed by atoms with van der Waals surface area (Å²) in [4.78, 5) is 60.1. The number of carboxylic acid groups (broad SMARTS) is 2. The molecule has 11 heteroatoms. The van der Waals surface area contributed by atoms with Gasteiger partial charge in [-0.3, -0.25) is 14.4 Å². The molecular weight excluding hydrogens is 510 g/mol. The van der Waals surface area contributed by atoms with E-state index in [9.17, 15) is 29.1 Å². The molecule has 0 saturated carbocycles. The quantitative estimate of drug-likeness (QED) is 0.249. The van der Waals surface area contributed by atoms with Crippen LogP contribution >= 0.6 is 15.9 Å². The van der Waals surface area contributed by atoms with Crippen LogP contribution in [0, 0.1) is 0 Å². The van der Waals surface area contributed by atoms with Gasteiger partial charge in [0.1, 0.15) is 6.04 Å². The van der Waals surface area contributed by atoms with Crippen LogP contribution in [0.1, 0.15) is 57.9 Å². The summed E-state index contributed by atoms with van der Waals surface area (Å²) in [5.41, 5.74) is 0.981.